The van der Waals surface area contributed by atoms with Gasteiger partial charge in [-0.2, -0.15) is 0 Å². The van der Waals surface area contributed by atoms with Crippen LogP contribution in [0, 0.1) is 5.92 Å². The molecule has 0 saturated carbocycles. The maximum Gasteiger partial charge on any atom is 0.320 e. The van der Waals surface area contributed by atoms with E-state index < -0.39 is 11.9 Å². The molecular weight excluding hydrogens is 252 g/mol. The smallest absolute Gasteiger partial charge is 0.320 e. The van der Waals surface area contributed by atoms with E-state index in [1.165, 1.54) is 0 Å². The number of nitrogens with zero attached hydrogens (tertiary/aromatic N) is 2. The van der Waals surface area contributed by atoms with Crippen LogP contribution in [0.4, 0.5) is 4.79 Å². The molecule has 0 aromatic rings. The third-order valence-electron chi connectivity index (χ3n) is 3.76. The number of hydrogen-bond acceptors (Lipinski definition) is 4. The maximum atomic E-state index is 12.4. The lowest BCUT2D eigenvalue weighted by Crippen LogP contribution is -2.55. The van der Waals surface area contributed by atoms with Crippen LogP contribution in [0.25, 0.3) is 0 Å². The molecule has 0 aromatic carbocycles. The Morgan fingerprint density at radius 3 is 2.68 bits per heavy atom. The number of hydrogen-bond donors (Lipinski definition) is 2. The average Bonchev–Trinajstić information content (AvgIpc) is 2.88. The highest BCUT2D eigenvalue weighted by Crippen LogP contribution is 2.20. The zero-order chi connectivity index (χ0) is 14.0. The summed E-state index contributed by atoms with van der Waals surface area (Å²) in [7, 11) is 0. The Labute approximate surface area is 111 Å². The van der Waals surface area contributed by atoms with Crippen LogP contribution in [0.5, 0.6) is 0 Å². The van der Waals surface area contributed by atoms with Gasteiger partial charge in [0.2, 0.25) is 0 Å². The first-order valence-corrected chi connectivity index (χ1v) is 6.53. The van der Waals surface area contributed by atoms with Crippen LogP contribution in [0.15, 0.2) is 0 Å². The monoisotopic (exact) mass is 272 g/mol. The van der Waals surface area contributed by atoms with Gasteiger partial charge in [0.25, 0.3) is 0 Å². The zero-order valence-electron chi connectivity index (χ0n) is 11.0. The highest BCUT2D eigenvalue weighted by Gasteiger charge is 2.36. The van der Waals surface area contributed by atoms with Crippen LogP contribution < -0.4 is 0 Å². The molecule has 19 heavy (non-hydrogen) atoms. The third-order valence-corrected chi connectivity index (χ3v) is 3.76. The van der Waals surface area contributed by atoms with Crippen molar-refractivity contribution in [2.24, 2.45) is 5.92 Å². The Balaban J connectivity index is 1.97. The Morgan fingerprint density at radius 2 is 2.11 bits per heavy atom. The van der Waals surface area contributed by atoms with E-state index in [1.54, 1.807) is 9.80 Å². The molecule has 2 rings (SSSR count). The summed E-state index contributed by atoms with van der Waals surface area (Å²) in [4.78, 5) is 26.5. The van der Waals surface area contributed by atoms with Crippen molar-refractivity contribution in [3.8, 4) is 0 Å². The second-order valence-electron chi connectivity index (χ2n) is 5.19. The maximum absolute atomic E-state index is 12.4. The summed E-state index contributed by atoms with van der Waals surface area (Å²) in [6.45, 7) is 3.26. The van der Waals surface area contributed by atoms with Crippen molar-refractivity contribution >= 4 is 12.0 Å². The molecule has 3 unspecified atom stereocenters. The number of morpholine rings is 1. The quantitative estimate of drug-likeness (QED) is 0.713. The number of amides is 2. The molecule has 7 nitrogen and oxygen atoms in total. The largest absolute Gasteiger partial charge is 0.481 e. The predicted molar refractivity (Wildman–Crippen MR) is 65.7 cm³/mol. The first kappa shape index (κ1) is 14.1. The molecule has 2 aliphatic heterocycles. The second-order valence-corrected chi connectivity index (χ2v) is 5.19. The molecule has 2 heterocycles. The number of likely N-dealkylation sites (tertiary alicyclic amines) is 1. The summed E-state index contributed by atoms with van der Waals surface area (Å²) in [5.74, 6) is -1.31. The first-order valence-electron chi connectivity index (χ1n) is 6.53. The van der Waals surface area contributed by atoms with E-state index >= 15 is 0 Å². The van der Waals surface area contributed by atoms with Gasteiger partial charge < -0.3 is 24.7 Å². The zero-order valence-corrected chi connectivity index (χ0v) is 11.0. The minimum absolute atomic E-state index is 0.0563. The van der Waals surface area contributed by atoms with Crippen LogP contribution in [0.3, 0.4) is 0 Å². The number of carboxylic acids is 1. The topological polar surface area (TPSA) is 90.3 Å². The Morgan fingerprint density at radius 1 is 1.37 bits per heavy atom. The van der Waals surface area contributed by atoms with Crippen molar-refractivity contribution in [3.63, 3.8) is 0 Å². The fourth-order valence-electron chi connectivity index (χ4n) is 2.51. The number of carboxylic acid groups (broad SMARTS) is 1. The predicted octanol–water partition coefficient (Wildman–Crippen LogP) is -0.405. The van der Waals surface area contributed by atoms with E-state index in [4.69, 9.17) is 14.9 Å². The number of aliphatic hydroxyl groups is 1. The van der Waals surface area contributed by atoms with Crippen LogP contribution in [-0.4, -0.2) is 77.0 Å². The fourth-order valence-corrected chi connectivity index (χ4v) is 2.51. The summed E-state index contributed by atoms with van der Waals surface area (Å²) in [6.07, 6.45) is 0.154. The molecule has 2 saturated heterocycles. The third kappa shape index (κ3) is 2.98. The molecule has 2 amide bonds. The Bertz CT molecular complexity index is 362. The summed E-state index contributed by atoms with van der Waals surface area (Å²) < 4.78 is 5.39. The summed E-state index contributed by atoms with van der Waals surface area (Å²) in [5.41, 5.74) is 0. The van der Waals surface area contributed by atoms with Gasteiger partial charge in [-0.25, -0.2) is 4.79 Å². The van der Waals surface area contributed by atoms with Gasteiger partial charge in [0.05, 0.1) is 37.8 Å². The van der Waals surface area contributed by atoms with Crippen molar-refractivity contribution < 1.29 is 24.5 Å². The van der Waals surface area contributed by atoms with E-state index in [9.17, 15) is 9.59 Å². The van der Waals surface area contributed by atoms with Crippen molar-refractivity contribution in [2.45, 2.75) is 25.5 Å². The first-order chi connectivity index (χ1) is 9.02. The molecule has 0 bridgehead atoms. The molecule has 0 aromatic heterocycles. The second kappa shape index (κ2) is 5.75. The molecule has 7 heteroatoms. The van der Waals surface area contributed by atoms with Crippen LogP contribution >= 0.6 is 0 Å². The van der Waals surface area contributed by atoms with E-state index in [0.29, 0.717) is 26.1 Å². The van der Waals surface area contributed by atoms with Crippen molar-refractivity contribution in [1.82, 2.24) is 9.80 Å². The van der Waals surface area contributed by atoms with Crippen LogP contribution in [0.1, 0.15) is 13.3 Å². The Hall–Kier alpha value is -1.34. The summed E-state index contributed by atoms with van der Waals surface area (Å²) >= 11 is 0. The lowest BCUT2D eigenvalue weighted by atomic mass is 10.1. The molecule has 2 fully saturated rings. The number of aliphatic carboxylic acids is 1. The van der Waals surface area contributed by atoms with Crippen LogP contribution in [-0.2, 0) is 9.53 Å². The van der Waals surface area contributed by atoms with Crippen molar-refractivity contribution in [3.05, 3.63) is 0 Å². The molecule has 0 aliphatic carbocycles. The highest BCUT2D eigenvalue weighted by atomic mass is 16.5. The van der Waals surface area contributed by atoms with E-state index in [1.807, 2.05) is 6.92 Å². The normalized spacial score (nSPS) is 31.6. The minimum Gasteiger partial charge on any atom is -0.481 e. The number of rotatable bonds is 2. The van der Waals surface area contributed by atoms with Crippen molar-refractivity contribution in [1.29, 1.82) is 0 Å². The van der Waals surface area contributed by atoms with Crippen molar-refractivity contribution in [2.75, 3.05) is 32.8 Å². The molecular formula is C12H20N2O5. The van der Waals surface area contributed by atoms with Gasteiger partial charge in [0.15, 0.2) is 0 Å². The van der Waals surface area contributed by atoms with Crippen LogP contribution in [0.2, 0.25) is 0 Å². The van der Waals surface area contributed by atoms with Gasteiger partial charge in [0.1, 0.15) is 0 Å². The average molecular weight is 272 g/mol. The number of urea groups is 1. The van der Waals surface area contributed by atoms with Gasteiger partial charge >= 0.3 is 12.0 Å². The standard InChI is InChI=1S/C12H20N2O5/c1-8-7-19-10(6-15)5-14(8)12(18)13-3-2-9(4-13)11(16)17/h8-10,15H,2-7H2,1H3,(H,16,17). The number of ether oxygens (including phenoxy) is 1. The Kier molecular flexibility index (Phi) is 4.26. The van der Waals surface area contributed by atoms with Gasteiger partial charge in [0, 0.05) is 13.1 Å². The molecule has 2 N–H and O–H groups in total. The summed E-state index contributed by atoms with van der Waals surface area (Å²) in [6, 6.07) is -0.211. The number of carbonyl (C=O) groups excluding carboxylic acids is 1. The number of carbonyl (C=O) groups is 2. The van der Waals surface area contributed by atoms with Gasteiger partial charge in [-0.3, -0.25) is 4.79 Å². The van der Waals surface area contributed by atoms with E-state index in [2.05, 4.69) is 0 Å². The molecule has 0 radical (unpaired) electrons. The molecule has 0 spiro atoms. The SMILES string of the molecule is CC1COC(CO)CN1C(=O)N1CCC(C(=O)O)C1. The number of aliphatic hydroxyl groups excluding tert-OH is 1. The van der Waals surface area contributed by atoms with Gasteiger partial charge in [-0.1, -0.05) is 0 Å². The minimum atomic E-state index is -0.849. The molecule has 108 valence electrons. The highest BCUT2D eigenvalue weighted by molar-refractivity contribution is 5.77. The van der Waals surface area contributed by atoms with Gasteiger partial charge in [-0.15, -0.1) is 0 Å². The molecule has 3 atom stereocenters. The fraction of sp³-hybridized carbons (Fsp3) is 0.833. The van der Waals surface area contributed by atoms with E-state index in [-0.39, 0.29) is 31.3 Å². The lowest BCUT2D eigenvalue weighted by molar-refractivity contribution is -0.141. The lowest BCUT2D eigenvalue weighted by Gasteiger charge is -2.39. The van der Waals surface area contributed by atoms with Gasteiger partial charge in [-0.05, 0) is 13.3 Å². The summed E-state index contributed by atoms with van der Waals surface area (Å²) in [5, 5.41) is 18.1. The van der Waals surface area contributed by atoms with E-state index in [0.717, 1.165) is 0 Å². The molecule has 2 aliphatic rings.